The highest BCUT2D eigenvalue weighted by molar-refractivity contribution is 7.98. The summed E-state index contributed by atoms with van der Waals surface area (Å²) >= 11 is 3.55. The Hall–Kier alpha value is -1.50. The standard InChI is InChI=1S/C21H27N3OS2/c1-26-19-9-7-15(8-10-19)22-21(25)23-16-12-17-4-2-5-18(13-16)24(17)14-20-6-3-11-27-20/h3,6-11,16-18H,2,4-5,12-14H2,1H3,(H2,22,23,25)/t17-,18-/m0/s1. The molecule has 2 N–H and O–H groups in total. The van der Waals surface area contributed by atoms with Gasteiger partial charge in [0.2, 0.25) is 0 Å². The van der Waals surface area contributed by atoms with Crippen molar-refractivity contribution in [1.82, 2.24) is 10.2 Å². The van der Waals surface area contributed by atoms with Gasteiger partial charge in [0.15, 0.2) is 0 Å². The highest BCUT2D eigenvalue weighted by atomic mass is 32.2. The van der Waals surface area contributed by atoms with E-state index in [1.54, 1.807) is 11.8 Å². The zero-order valence-corrected chi connectivity index (χ0v) is 17.3. The number of thiophene rings is 1. The van der Waals surface area contributed by atoms with E-state index in [2.05, 4.69) is 39.3 Å². The first kappa shape index (κ1) is 18.8. The van der Waals surface area contributed by atoms with Gasteiger partial charge in [-0.25, -0.2) is 4.79 Å². The lowest BCUT2D eigenvalue weighted by Gasteiger charge is -2.48. The molecular weight excluding hydrogens is 374 g/mol. The molecule has 2 saturated heterocycles. The maximum absolute atomic E-state index is 12.5. The van der Waals surface area contributed by atoms with Crippen molar-refractivity contribution in [3.63, 3.8) is 0 Å². The van der Waals surface area contributed by atoms with E-state index in [0.717, 1.165) is 25.1 Å². The van der Waals surface area contributed by atoms with Gasteiger partial charge in [0.05, 0.1) is 0 Å². The first-order chi connectivity index (χ1) is 13.2. The average molecular weight is 402 g/mol. The molecule has 4 nitrogen and oxygen atoms in total. The fraction of sp³-hybridized carbons (Fsp3) is 0.476. The molecule has 2 aromatic rings. The molecule has 4 rings (SSSR count). The van der Waals surface area contributed by atoms with E-state index in [1.165, 1.54) is 29.0 Å². The molecule has 2 atom stereocenters. The Kier molecular flexibility index (Phi) is 6.05. The van der Waals surface area contributed by atoms with Gasteiger partial charge >= 0.3 is 6.03 Å². The first-order valence-corrected chi connectivity index (χ1v) is 11.8. The quantitative estimate of drug-likeness (QED) is 0.679. The summed E-state index contributed by atoms with van der Waals surface area (Å²) in [6, 6.07) is 13.7. The third-order valence-corrected chi connectivity index (χ3v) is 7.33. The van der Waals surface area contributed by atoms with Crippen molar-refractivity contribution in [1.29, 1.82) is 0 Å². The van der Waals surface area contributed by atoms with Crippen molar-refractivity contribution in [3.05, 3.63) is 46.7 Å². The first-order valence-electron chi connectivity index (χ1n) is 9.71. The van der Waals surface area contributed by atoms with Crippen molar-refractivity contribution in [2.75, 3.05) is 11.6 Å². The van der Waals surface area contributed by atoms with E-state index in [4.69, 9.17) is 0 Å². The summed E-state index contributed by atoms with van der Waals surface area (Å²) < 4.78 is 0. The second-order valence-corrected chi connectivity index (χ2v) is 9.40. The molecule has 0 aliphatic carbocycles. The Morgan fingerprint density at radius 3 is 2.56 bits per heavy atom. The third-order valence-electron chi connectivity index (χ3n) is 5.73. The zero-order valence-electron chi connectivity index (χ0n) is 15.7. The molecule has 1 aromatic heterocycles. The van der Waals surface area contributed by atoms with Crippen LogP contribution in [-0.4, -0.2) is 35.3 Å². The monoisotopic (exact) mass is 401 g/mol. The lowest BCUT2D eigenvalue weighted by atomic mass is 9.81. The van der Waals surface area contributed by atoms with Crippen LogP contribution in [0.3, 0.4) is 0 Å². The predicted octanol–water partition coefficient (Wildman–Crippen LogP) is 5.18. The van der Waals surface area contributed by atoms with E-state index in [9.17, 15) is 4.79 Å². The number of carbonyl (C=O) groups is 1. The second-order valence-electron chi connectivity index (χ2n) is 7.49. The van der Waals surface area contributed by atoms with Gasteiger partial charge in [-0.3, -0.25) is 4.90 Å². The number of hydrogen-bond donors (Lipinski definition) is 2. The van der Waals surface area contributed by atoms with E-state index in [1.807, 2.05) is 35.6 Å². The molecule has 144 valence electrons. The number of anilines is 1. The van der Waals surface area contributed by atoms with Crippen LogP contribution in [0.15, 0.2) is 46.7 Å². The average Bonchev–Trinajstić information content (AvgIpc) is 3.16. The normalized spacial score (nSPS) is 25.1. The maximum atomic E-state index is 12.5. The van der Waals surface area contributed by atoms with Gasteiger partial charge in [0.25, 0.3) is 0 Å². The number of piperidine rings is 2. The molecule has 0 radical (unpaired) electrons. The summed E-state index contributed by atoms with van der Waals surface area (Å²) in [6.07, 6.45) is 7.98. The van der Waals surface area contributed by atoms with Crippen LogP contribution >= 0.6 is 23.1 Å². The van der Waals surface area contributed by atoms with Crippen LogP contribution in [0.4, 0.5) is 10.5 Å². The number of fused-ring (bicyclic) bond motifs is 2. The Labute approximate surface area is 169 Å². The van der Waals surface area contributed by atoms with E-state index in [-0.39, 0.29) is 12.1 Å². The summed E-state index contributed by atoms with van der Waals surface area (Å²) in [5.74, 6) is 0. The smallest absolute Gasteiger partial charge is 0.319 e. The molecule has 1 aromatic carbocycles. The summed E-state index contributed by atoms with van der Waals surface area (Å²) in [6.45, 7) is 1.06. The molecule has 0 unspecified atom stereocenters. The molecule has 3 heterocycles. The van der Waals surface area contributed by atoms with Crippen LogP contribution < -0.4 is 10.6 Å². The molecule has 2 bridgehead atoms. The molecule has 0 spiro atoms. The van der Waals surface area contributed by atoms with Gasteiger partial charge in [-0.15, -0.1) is 23.1 Å². The molecule has 2 aliphatic heterocycles. The topological polar surface area (TPSA) is 44.4 Å². The SMILES string of the molecule is CSc1ccc(NC(=O)NC2C[C@@H]3CCC[C@@H](C2)N3Cc2cccs2)cc1. The second kappa shape index (κ2) is 8.67. The number of hydrogen-bond acceptors (Lipinski definition) is 4. The van der Waals surface area contributed by atoms with E-state index < -0.39 is 0 Å². The Morgan fingerprint density at radius 1 is 1.19 bits per heavy atom. The lowest BCUT2D eigenvalue weighted by molar-refractivity contribution is 0.0208. The number of rotatable bonds is 5. The summed E-state index contributed by atoms with van der Waals surface area (Å²) in [5.41, 5.74) is 0.848. The molecular formula is C21H27N3OS2. The molecule has 27 heavy (non-hydrogen) atoms. The minimum atomic E-state index is -0.0818. The van der Waals surface area contributed by atoms with Crippen LogP contribution in [0.2, 0.25) is 0 Å². The van der Waals surface area contributed by atoms with Crippen LogP contribution in [0.25, 0.3) is 0 Å². The fourth-order valence-electron chi connectivity index (χ4n) is 4.46. The van der Waals surface area contributed by atoms with Crippen LogP contribution in [0.1, 0.15) is 37.0 Å². The largest absolute Gasteiger partial charge is 0.335 e. The Balaban J connectivity index is 1.33. The number of thioether (sulfide) groups is 1. The molecule has 2 aliphatic rings. The van der Waals surface area contributed by atoms with E-state index >= 15 is 0 Å². The number of carbonyl (C=O) groups excluding carboxylic acids is 1. The minimum absolute atomic E-state index is 0.0818. The van der Waals surface area contributed by atoms with Crippen molar-refractivity contribution >= 4 is 34.8 Å². The molecule has 2 fully saturated rings. The van der Waals surface area contributed by atoms with Gasteiger partial charge in [-0.1, -0.05) is 12.5 Å². The Morgan fingerprint density at radius 2 is 1.93 bits per heavy atom. The number of benzene rings is 1. The van der Waals surface area contributed by atoms with Crippen molar-refractivity contribution in [2.24, 2.45) is 0 Å². The number of amides is 2. The van der Waals surface area contributed by atoms with Crippen LogP contribution in [-0.2, 0) is 6.54 Å². The van der Waals surface area contributed by atoms with Gasteiger partial charge in [0.1, 0.15) is 0 Å². The number of urea groups is 1. The predicted molar refractivity (Wildman–Crippen MR) is 115 cm³/mol. The van der Waals surface area contributed by atoms with Crippen LogP contribution in [0, 0.1) is 0 Å². The molecule has 6 heteroatoms. The molecule has 2 amide bonds. The molecule has 0 saturated carbocycles. The van der Waals surface area contributed by atoms with Gasteiger partial charge in [-0.05, 0) is 67.7 Å². The Bertz CT molecular complexity index is 733. The van der Waals surface area contributed by atoms with Gasteiger partial charge < -0.3 is 10.6 Å². The van der Waals surface area contributed by atoms with Crippen molar-refractivity contribution in [2.45, 2.75) is 61.7 Å². The number of nitrogens with zero attached hydrogens (tertiary/aromatic N) is 1. The minimum Gasteiger partial charge on any atom is -0.335 e. The maximum Gasteiger partial charge on any atom is 0.319 e. The summed E-state index contributed by atoms with van der Waals surface area (Å²) in [7, 11) is 0. The van der Waals surface area contributed by atoms with Crippen molar-refractivity contribution in [3.8, 4) is 0 Å². The van der Waals surface area contributed by atoms with E-state index in [0.29, 0.717) is 12.1 Å². The van der Waals surface area contributed by atoms with Gasteiger partial charge in [0, 0.05) is 40.1 Å². The van der Waals surface area contributed by atoms with Crippen molar-refractivity contribution < 1.29 is 4.79 Å². The van der Waals surface area contributed by atoms with Crippen LogP contribution in [0.5, 0.6) is 0 Å². The zero-order chi connectivity index (χ0) is 18.6. The highest BCUT2D eigenvalue weighted by Crippen LogP contribution is 2.35. The lowest BCUT2D eigenvalue weighted by Crippen LogP contribution is -2.56. The highest BCUT2D eigenvalue weighted by Gasteiger charge is 2.38. The fourth-order valence-corrected chi connectivity index (χ4v) is 5.58. The number of nitrogens with one attached hydrogen (secondary N) is 2. The van der Waals surface area contributed by atoms with Gasteiger partial charge in [-0.2, -0.15) is 0 Å². The summed E-state index contributed by atoms with van der Waals surface area (Å²) in [4.78, 5) is 17.8. The summed E-state index contributed by atoms with van der Waals surface area (Å²) in [5, 5.41) is 8.37. The third kappa shape index (κ3) is 4.68.